The number of carbonyl (C=O) groups excluding carboxylic acids is 1. The van der Waals surface area contributed by atoms with Crippen LogP contribution in [0, 0.1) is 5.92 Å². The van der Waals surface area contributed by atoms with E-state index in [1.165, 1.54) is 24.6 Å². The molecule has 7 heteroatoms. The fourth-order valence-electron chi connectivity index (χ4n) is 3.29. The minimum Gasteiger partial charge on any atom is -0.411 e. The van der Waals surface area contributed by atoms with Crippen LogP contribution in [0.3, 0.4) is 0 Å². The van der Waals surface area contributed by atoms with E-state index in [0.29, 0.717) is 28.6 Å². The van der Waals surface area contributed by atoms with Gasteiger partial charge in [0.25, 0.3) is 5.22 Å². The molecule has 1 saturated carbocycles. The normalized spacial score (nSPS) is 14.6. The molecule has 1 atom stereocenters. The summed E-state index contributed by atoms with van der Waals surface area (Å²) in [6, 6.07) is 17.6. The van der Waals surface area contributed by atoms with E-state index in [-0.39, 0.29) is 17.7 Å². The van der Waals surface area contributed by atoms with E-state index in [1.54, 1.807) is 12.1 Å². The molecule has 1 aliphatic rings. The number of rotatable bonds is 8. The molecule has 0 N–H and O–H groups in total. The molecule has 29 heavy (non-hydrogen) atoms. The summed E-state index contributed by atoms with van der Waals surface area (Å²) in [5.74, 6) is 1.35. The summed E-state index contributed by atoms with van der Waals surface area (Å²) < 4.78 is 5.70. The molecule has 0 spiro atoms. The summed E-state index contributed by atoms with van der Waals surface area (Å²) in [4.78, 5) is 15.0. The number of hydrogen-bond donors (Lipinski definition) is 0. The molecule has 0 radical (unpaired) electrons. The Kier molecular flexibility index (Phi) is 6.21. The van der Waals surface area contributed by atoms with Gasteiger partial charge in [0.15, 0.2) is 0 Å². The van der Waals surface area contributed by atoms with Gasteiger partial charge in [0, 0.05) is 23.2 Å². The highest BCUT2D eigenvalue weighted by molar-refractivity contribution is 7.99. The number of carbonyl (C=O) groups is 1. The predicted molar refractivity (Wildman–Crippen MR) is 115 cm³/mol. The fraction of sp³-hybridized carbons (Fsp3) is 0.318. The van der Waals surface area contributed by atoms with Gasteiger partial charge in [0.2, 0.25) is 11.8 Å². The second kappa shape index (κ2) is 9.01. The van der Waals surface area contributed by atoms with Crippen LogP contribution in [0.2, 0.25) is 5.02 Å². The third-order valence-electron chi connectivity index (χ3n) is 5.11. The minimum atomic E-state index is 0.0840. The Balaban J connectivity index is 1.41. The number of hydrogen-bond acceptors (Lipinski definition) is 5. The van der Waals surface area contributed by atoms with Crippen molar-refractivity contribution >= 4 is 29.3 Å². The monoisotopic (exact) mass is 427 g/mol. The Hall–Kier alpha value is -2.31. The lowest BCUT2D eigenvalue weighted by Crippen LogP contribution is -2.40. The smallest absolute Gasteiger partial charge is 0.277 e. The third-order valence-corrected chi connectivity index (χ3v) is 6.15. The van der Waals surface area contributed by atoms with E-state index >= 15 is 0 Å². The quantitative estimate of drug-likeness (QED) is 0.456. The molecular weight excluding hydrogens is 406 g/mol. The van der Waals surface area contributed by atoms with Gasteiger partial charge in [-0.2, -0.15) is 0 Å². The molecule has 1 fully saturated rings. The molecule has 3 aromatic rings. The Labute approximate surface area is 179 Å². The summed E-state index contributed by atoms with van der Waals surface area (Å²) in [6.45, 7) is 2.77. The maximum atomic E-state index is 13.0. The summed E-state index contributed by atoms with van der Waals surface area (Å²) in [7, 11) is 0. The van der Waals surface area contributed by atoms with Gasteiger partial charge in [0.1, 0.15) is 0 Å². The Morgan fingerprint density at radius 2 is 2.00 bits per heavy atom. The van der Waals surface area contributed by atoms with Crippen LogP contribution in [-0.2, 0) is 11.3 Å². The molecular formula is C22H22ClN3O2S. The van der Waals surface area contributed by atoms with E-state index in [2.05, 4.69) is 29.3 Å². The molecule has 0 aliphatic heterocycles. The first kappa shape index (κ1) is 20.0. The van der Waals surface area contributed by atoms with Crippen LogP contribution in [0.25, 0.3) is 11.5 Å². The summed E-state index contributed by atoms with van der Waals surface area (Å²) in [5.41, 5.74) is 1.90. The molecule has 1 amide bonds. The summed E-state index contributed by atoms with van der Waals surface area (Å²) in [6.07, 6.45) is 2.39. The lowest BCUT2D eigenvalue weighted by Gasteiger charge is -2.29. The van der Waals surface area contributed by atoms with Crippen molar-refractivity contribution in [2.24, 2.45) is 5.92 Å². The van der Waals surface area contributed by atoms with Gasteiger partial charge in [-0.15, -0.1) is 10.2 Å². The maximum Gasteiger partial charge on any atom is 0.277 e. The average molecular weight is 428 g/mol. The van der Waals surface area contributed by atoms with Crippen molar-refractivity contribution < 1.29 is 9.21 Å². The van der Waals surface area contributed by atoms with Crippen molar-refractivity contribution in [3.05, 3.63) is 65.2 Å². The molecule has 1 aliphatic carbocycles. The van der Waals surface area contributed by atoms with Gasteiger partial charge in [-0.3, -0.25) is 4.79 Å². The first-order valence-corrected chi connectivity index (χ1v) is 11.0. The minimum absolute atomic E-state index is 0.0840. The van der Waals surface area contributed by atoms with Gasteiger partial charge in [0.05, 0.1) is 5.75 Å². The molecule has 0 saturated heterocycles. The first-order chi connectivity index (χ1) is 14.1. The van der Waals surface area contributed by atoms with Gasteiger partial charge in [-0.1, -0.05) is 59.8 Å². The topological polar surface area (TPSA) is 59.2 Å². The largest absolute Gasteiger partial charge is 0.411 e. The van der Waals surface area contributed by atoms with E-state index in [0.717, 1.165) is 11.1 Å². The zero-order valence-electron chi connectivity index (χ0n) is 16.1. The lowest BCUT2D eigenvalue weighted by atomic mass is 10.1. The van der Waals surface area contributed by atoms with Crippen LogP contribution in [0.1, 0.15) is 25.3 Å². The number of halogens is 1. The van der Waals surface area contributed by atoms with Crippen molar-refractivity contribution in [3.63, 3.8) is 0 Å². The highest BCUT2D eigenvalue weighted by atomic mass is 35.5. The predicted octanol–water partition coefficient (Wildman–Crippen LogP) is 5.31. The zero-order chi connectivity index (χ0) is 20.2. The van der Waals surface area contributed by atoms with Crippen molar-refractivity contribution in [1.82, 2.24) is 15.1 Å². The van der Waals surface area contributed by atoms with Crippen molar-refractivity contribution in [3.8, 4) is 11.5 Å². The lowest BCUT2D eigenvalue weighted by molar-refractivity contribution is -0.131. The summed E-state index contributed by atoms with van der Waals surface area (Å²) in [5, 5.41) is 9.12. The molecule has 2 aromatic carbocycles. The van der Waals surface area contributed by atoms with Gasteiger partial charge in [-0.05, 0) is 49.4 Å². The van der Waals surface area contributed by atoms with Crippen molar-refractivity contribution in [2.75, 3.05) is 5.75 Å². The molecule has 0 bridgehead atoms. The van der Waals surface area contributed by atoms with Crippen LogP contribution in [0.4, 0.5) is 0 Å². The van der Waals surface area contributed by atoms with Crippen LogP contribution in [0.5, 0.6) is 0 Å². The molecule has 150 valence electrons. The highest BCUT2D eigenvalue weighted by Gasteiger charge is 2.34. The molecule has 1 aromatic heterocycles. The van der Waals surface area contributed by atoms with Crippen molar-refractivity contribution in [1.29, 1.82) is 0 Å². The first-order valence-electron chi connectivity index (χ1n) is 9.66. The fourth-order valence-corrected chi connectivity index (χ4v) is 4.12. The number of nitrogens with zero attached hydrogens (tertiary/aromatic N) is 3. The average Bonchev–Trinajstić information content (AvgIpc) is 3.48. The third kappa shape index (κ3) is 5.19. The second-order valence-electron chi connectivity index (χ2n) is 7.26. The van der Waals surface area contributed by atoms with Gasteiger partial charge in [-0.25, -0.2) is 0 Å². The second-order valence-corrected chi connectivity index (χ2v) is 8.62. The van der Waals surface area contributed by atoms with Gasteiger partial charge >= 0.3 is 0 Å². The molecule has 1 heterocycles. The van der Waals surface area contributed by atoms with Crippen LogP contribution < -0.4 is 0 Å². The number of benzene rings is 2. The van der Waals surface area contributed by atoms with Crippen molar-refractivity contribution in [2.45, 2.75) is 37.6 Å². The molecule has 5 nitrogen and oxygen atoms in total. The standard InChI is InChI=1S/C22H22ClN3O2S/c1-15(17-10-11-17)26(13-16-6-3-2-4-7-16)20(27)14-29-22-25-24-21(28-22)18-8-5-9-19(23)12-18/h2-9,12,15,17H,10-11,13-14H2,1H3. The van der Waals surface area contributed by atoms with E-state index in [9.17, 15) is 4.79 Å². The van der Waals surface area contributed by atoms with Crippen LogP contribution in [-0.4, -0.2) is 32.8 Å². The number of amides is 1. The number of thioether (sulfide) groups is 1. The molecule has 4 rings (SSSR count). The Morgan fingerprint density at radius 1 is 1.21 bits per heavy atom. The SMILES string of the molecule is CC(C1CC1)N(Cc1ccccc1)C(=O)CSc1nnc(-c2cccc(Cl)c2)o1. The Morgan fingerprint density at radius 3 is 2.72 bits per heavy atom. The summed E-state index contributed by atoms with van der Waals surface area (Å²) >= 11 is 7.29. The van der Waals surface area contributed by atoms with Crippen LogP contribution >= 0.6 is 23.4 Å². The zero-order valence-corrected chi connectivity index (χ0v) is 17.7. The maximum absolute atomic E-state index is 13.0. The molecule has 1 unspecified atom stereocenters. The Bertz CT molecular complexity index is 975. The van der Waals surface area contributed by atoms with E-state index in [4.69, 9.17) is 16.0 Å². The van der Waals surface area contributed by atoms with E-state index < -0.39 is 0 Å². The van der Waals surface area contributed by atoms with Gasteiger partial charge < -0.3 is 9.32 Å². The highest BCUT2D eigenvalue weighted by Crippen LogP contribution is 2.36. The van der Waals surface area contributed by atoms with E-state index in [1.807, 2.05) is 35.2 Å². The van der Waals surface area contributed by atoms with Crippen LogP contribution in [0.15, 0.2) is 64.2 Å². The number of aromatic nitrogens is 2.